The first kappa shape index (κ1) is 13.8. The average molecular weight is 296 g/mol. The highest BCUT2D eigenvalue weighted by Crippen LogP contribution is 2.19. The molecule has 0 radical (unpaired) electrons. The van der Waals surface area contributed by atoms with Crippen LogP contribution in [-0.2, 0) is 6.61 Å². The number of hydrogen-bond donors (Lipinski definition) is 1. The SMILES string of the molecule is NC(=S)c1ccc(OCc2cccc(Cl)c2)cc1F. The van der Waals surface area contributed by atoms with Gasteiger partial charge in [0.15, 0.2) is 0 Å². The summed E-state index contributed by atoms with van der Waals surface area (Å²) in [5.41, 5.74) is 6.50. The van der Waals surface area contributed by atoms with Crippen molar-refractivity contribution < 1.29 is 9.13 Å². The summed E-state index contributed by atoms with van der Waals surface area (Å²) < 4.78 is 19.1. The van der Waals surface area contributed by atoms with Crippen LogP contribution in [0.25, 0.3) is 0 Å². The van der Waals surface area contributed by atoms with Crippen LogP contribution in [0.3, 0.4) is 0 Å². The third-order valence-electron chi connectivity index (χ3n) is 2.50. The number of hydrogen-bond acceptors (Lipinski definition) is 2. The van der Waals surface area contributed by atoms with E-state index in [2.05, 4.69) is 0 Å². The molecule has 0 heterocycles. The van der Waals surface area contributed by atoms with Gasteiger partial charge in [-0.3, -0.25) is 0 Å². The van der Waals surface area contributed by atoms with E-state index in [-0.39, 0.29) is 10.6 Å². The van der Waals surface area contributed by atoms with Gasteiger partial charge in [-0.25, -0.2) is 4.39 Å². The Kier molecular flexibility index (Phi) is 4.35. The molecule has 0 fully saturated rings. The Balaban J connectivity index is 2.08. The predicted molar refractivity (Wildman–Crippen MR) is 78.1 cm³/mol. The van der Waals surface area contributed by atoms with Gasteiger partial charge in [-0.2, -0.15) is 0 Å². The van der Waals surface area contributed by atoms with E-state index in [1.165, 1.54) is 12.1 Å². The minimum atomic E-state index is -0.490. The van der Waals surface area contributed by atoms with Crippen molar-refractivity contribution in [3.8, 4) is 5.75 Å². The largest absolute Gasteiger partial charge is 0.489 e. The smallest absolute Gasteiger partial charge is 0.137 e. The number of halogens is 2. The van der Waals surface area contributed by atoms with E-state index in [4.69, 9.17) is 34.3 Å². The van der Waals surface area contributed by atoms with Gasteiger partial charge in [-0.1, -0.05) is 36.0 Å². The Labute approximate surface area is 120 Å². The number of benzene rings is 2. The third-order valence-corrected chi connectivity index (χ3v) is 2.96. The summed E-state index contributed by atoms with van der Waals surface area (Å²) in [5.74, 6) is -0.0754. The van der Waals surface area contributed by atoms with Crippen LogP contribution in [0.15, 0.2) is 42.5 Å². The van der Waals surface area contributed by atoms with Crippen LogP contribution in [0.2, 0.25) is 5.02 Å². The first-order chi connectivity index (χ1) is 9.06. The molecule has 5 heteroatoms. The fraction of sp³-hybridized carbons (Fsp3) is 0.0714. The van der Waals surface area contributed by atoms with E-state index in [0.717, 1.165) is 5.56 Å². The van der Waals surface area contributed by atoms with Crippen molar-refractivity contribution in [2.45, 2.75) is 6.61 Å². The molecule has 0 saturated heterocycles. The molecular weight excluding hydrogens is 285 g/mol. The maximum absolute atomic E-state index is 13.6. The van der Waals surface area contributed by atoms with Crippen molar-refractivity contribution in [3.63, 3.8) is 0 Å². The van der Waals surface area contributed by atoms with Crippen LogP contribution >= 0.6 is 23.8 Å². The lowest BCUT2D eigenvalue weighted by Crippen LogP contribution is -2.11. The maximum atomic E-state index is 13.6. The highest BCUT2D eigenvalue weighted by molar-refractivity contribution is 7.80. The van der Waals surface area contributed by atoms with Crippen LogP contribution in [0.5, 0.6) is 5.75 Å². The van der Waals surface area contributed by atoms with Gasteiger partial charge >= 0.3 is 0 Å². The molecular formula is C14H11ClFNOS. The fourth-order valence-corrected chi connectivity index (χ4v) is 1.96. The van der Waals surface area contributed by atoms with Gasteiger partial charge in [0.25, 0.3) is 0 Å². The molecule has 0 bridgehead atoms. The van der Waals surface area contributed by atoms with Gasteiger partial charge in [-0.05, 0) is 29.8 Å². The molecule has 0 aliphatic heterocycles. The average Bonchev–Trinajstić information content (AvgIpc) is 2.36. The normalized spacial score (nSPS) is 10.2. The van der Waals surface area contributed by atoms with Crippen LogP contribution < -0.4 is 10.5 Å². The molecule has 2 nitrogen and oxygen atoms in total. The first-order valence-corrected chi connectivity index (χ1v) is 6.31. The first-order valence-electron chi connectivity index (χ1n) is 5.53. The Bertz CT molecular complexity index is 618. The zero-order valence-electron chi connectivity index (χ0n) is 9.90. The zero-order chi connectivity index (χ0) is 13.8. The number of thiocarbonyl (C=S) groups is 1. The van der Waals surface area contributed by atoms with Crippen LogP contribution in [0.4, 0.5) is 4.39 Å². The molecule has 98 valence electrons. The number of nitrogens with two attached hydrogens (primary N) is 1. The second-order valence-electron chi connectivity index (χ2n) is 3.92. The van der Waals surface area contributed by atoms with Gasteiger partial charge in [-0.15, -0.1) is 0 Å². The van der Waals surface area contributed by atoms with E-state index in [0.29, 0.717) is 17.4 Å². The summed E-state index contributed by atoms with van der Waals surface area (Å²) in [5, 5.41) is 0.635. The molecule has 2 aromatic carbocycles. The highest BCUT2D eigenvalue weighted by Gasteiger charge is 2.06. The van der Waals surface area contributed by atoms with E-state index >= 15 is 0 Å². The number of ether oxygens (including phenoxy) is 1. The summed E-state index contributed by atoms with van der Waals surface area (Å²) in [7, 11) is 0. The summed E-state index contributed by atoms with van der Waals surface area (Å²) in [6.07, 6.45) is 0. The molecule has 19 heavy (non-hydrogen) atoms. The Morgan fingerprint density at radius 1 is 1.26 bits per heavy atom. The van der Waals surface area contributed by atoms with Crippen molar-refractivity contribution in [1.29, 1.82) is 0 Å². The zero-order valence-corrected chi connectivity index (χ0v) is 11.5. The summed E-state index contributed by atoms with van der Waals surface area (Å²) >= 11 is 10.6. The molecule has 2 N–H and O–H groups in total. The lowest BCUT2D eigenvalue weighted by molar-refractivity contribution is 0.304. The lowest BCUT2D eigenvalue weighted by Gasteiger charge is -2.08. The molecule has 0 aliphatic rings. The summed E-state index contributed by atoms with van der Waals surface area (Å²) in [4.78, 5) is 0.0268. The van der Waals surface area contributed by atoms with Crippen molar-refractivity contribution in [1.82, 2.24) is 0 Å². The second kappa shape index (κ2) is 5.99. The molecule has 0 amide bonds. The maximum Gasteiger partial charge on any atom is 0.137 e. The molecule has 2 aromatic rings. The Morgan fingerprint density at radius 3 is 2.68 bits per heavy atom. The molecule has 0 aliphatic carbocycles. The minimum absolute atomic E-state index is 0.0268. The van der Waals surface area contributed by atoms with Crippen molar-refractivity contribution in [3.05, 3.63) is 64.4 Å². The molecule has 0 aromatic heterocycles. The quantitative estimate of drug-likeness (QED) is 0.874. The second-order valence-corrected chi connectivity index (χ2v) is 4.80. The highest BCUT2D eigenvalue weighted by atomic mass is 35.5. The predicted octanol–water partition coefficient (Wildman–Crippen LogP) is 3.69. The molecule has 0 spiro atoms. The monoisotopic (exact) mass is 295 g/mol. The van der Waals surface area contributed by atoms with Gasteiger partial charge in [0.2, 0.25) is 0 Å². The molecule has 0 unspecified atom stereocenters. The van der Waals surface area contributed by atoms with E-state index in [1.807, 2.05) is 12.1 Å². The minimum Gasteiger partial charge on any atom is -0.489 e. The van der Waals surface area contributed by atoms with Crippen molar-refractivity contribution in [2.24, 2.45) is 5.73 Å². The van der Waals surface area contributed by atoms with E-state index < -0.39 is 5.82 Å². The van der Waals surface area contributed by atoms with Gasteiger partial charge < -0.3 is 10.5 Å². The Hall–Kier alpha value is -1.65. The van der Waals surface area contributed by atoms with Gasteiger partial charge in [0.1, 0.15) is 23.2 Å². The van der Waals surface area contributed by atoms with Crippen molar-refractivity contribution >= 4 is 28.8 Å². The molecule has 0 atom stereocenters. The van der Waals surface area contributed by atoms with Crippen molar-refractivity contribution in [2.75, 3.05) is 0 Å². The number of rotatable bonds is 4. The fourth-order valence-electron chi connectivity index (χ4n) is 1.58. The third kappa shape index (κ3) is 3.66. The van der Waals surface area contributed by atoms with Crippen LogP contribution in [0.1, 0.15) is 11.1 Å². The Morgan fingerprint density at radius 2 is 2.05 bits per heavy atom. The van der Waals surface area contributed by atoms with Gasteiger partial charge in [0.05, 0.1) is 0 Å². The summed E-state index contributed by atoms with van der Waals surface area (Å²) in [6, 6.07) is 11.7. The lowest BCUT2D eigenvalue weighted by atomic mass is 10.2. The molecule has 2 rings (SSSR count). The standard InChI is InChI=1S/C14H11ClFNOS/c15-10-3-1-2-9(6-10)8-18-11-4-5-12(14(17)19)13(16)7-11/h1-7H,8H2,(H2,17,19). The van der Waals surface area contributed by atoms with Crippen LogP contribution in [-0.4, -0.2) is 4.99 Å². The summed E-state index contributed by atoms with van der Waals surface area (Å²) in [6.45, 7) is 0.312. The van der Waals surface area contributed by atoms with E-state index in [9.17, 15) is 4.39 Å². The van der Waals surface area contributed by atoms with Crippen LogP contribution in [0, 0.1) is 5.82 Å². The van der Waals surface area contributed by atoms with Gasteiger partial charge in [0, 0.05) is 16.7 Å². The molecule has 0 saturated carbocycles. The topological polar surface area (TPSA) is 35.2 Å². The van der Waals surface area contributed by atoms with E-state index in [1.54, 1.807) is 18.2 Å².